The van der Waals surface area contributed by atoms with E-state index in [2.05, 4.69) is 27.5 Å². The molecule has 0 saturated heterocycles. The van der Waals surface area contributed by atoms with Gasteiger partial charge >= 0.3 is 5.38 Å². The van der Waals surface area contributed by atoms with E-state index in [-0.39, 0.29) is 4.47 Å². The number of halogens is 5. The average molecular weight is 259 g/mol. The van der Waals surface area contributed by atoms with E-state index >= 15 is 0 Å². The van der Waals surface area contributed by atoms with Crippen molar-refractivity contribution in [3.8, 4) is 0 Å². The minimum atomic E-state index is -3.66. The molecule has 0 aliphatic carbocycles. The predicted molar refractivity (Wildman–Crippen MR) is 43.8 cm³/mol. The highest BCUT2D eigenvalue weighted by molar-refractivity contribution is 9.10. The van der Waals surface area contributed by atoms with Gasteiger partial charge in [0.05, 0.1) is 10.0 Å². The lowest BCUT2D eigenvalue weighted by Gasteiger charge is -2.09. The highest BCUT2D eigenvalue weighted by Gasteiger charge is 2.31. The van der Waals surface area contributed by atoms with Crippen LogP contribution in [0.2, 0.25) is 0 Å². The molecule has 0 atom stereocenters. The van der Waals surface area contributed by atoms with Gasteiger partial charge in [0.25, 0.3) is 0 Å². The minimum Gasteiger partial charge on any atom is -0.205 e. The molecule has 0 aliphatic heterocycles. The van der Waals surface area contributed by atoms with Crippen molar-refractivity contribution in [1.29, 1.82) is 0 Å². The average Bonchev–Trinajstić information content (AvgIpc) is 1.92. The molecule has 0 nitrogen and oxygen atoms in total. The van der Waals surface area contributed by atoms with Gasteiger partial charge in [-0.1, -0.05) is 6.07 Å². The lowest BCUT2D eigenvalue weighted by molar-refractivity contribution is 0.0905. The third kappa shape index (κ3) is 1.93. The summed E-state index contributed by atoms with van der Waals surface area (Å²) in [6.07, 6.45) is 0. The van der Waals surface area contributed by atoms with Crippen LogP contribution < -0.4 is 0 Å². The van der Waals surface area contributed by atoms with Crippen molar-refractivity contribution in [2.45, 2.75) is 5.38 Å². The third-order valence-electron chi connectivity index (χ3n) is 1.26. The first kappa shape index (κ1) is 9.86. The highest BCUT2D eigenvalue weighted by atomic mass is 79.9. The molecule has 0 unspecified atom stereocenters. The van der Waals surface area contributed by atoms with Crippen molar-refractivity contribution in [1.82, 2.24) is 0 Å². The van der Waals surface area contributed by atoms with E-state index in [1.165, 1.54) is 12.1 Å². The fourth-order valence-corrected chi connectivity index (χ4v) is 1.23. The molecule has 0 N–H and O–H groups in total. The molecule has 1 aromatic rings. The Labute approximate surface area is 80.5 Å². The molecule has 0 bridgehead atoms. The van der Waals surface area contributed by atoms with E-state index < -0.39 is 16.8 Å². The van der Waals surface area contributed by atoms with E-state index in [9.17, 15) is 13.2 Å². The largest absolute Gasteiger partial charge is 0.351 e. The zero-order valence-electron chi connectivity index (χ0n) is 5.62. The maximum absolute atomic E-state index is 12.9. The molecule has 1 rings (SSSR count). The summed E-state index contributed by atoms with van der Waals surface area (Å²) in [7, 11) is 0. The molecule has 0 spiro atoms. The van der Waals surface area contributed by atoms with Gasteiger partial charge in [0, 0.05) is 0 Å². The van der Waals surface area contributed by atoms with E-state index in [4.69, 9.17) is 0 Å². The Balaban J connectivity index is 3.26. The van der Waals surface area contributed by atoms with Gasteiger partial charge in [0.2, 0.25) is 0 Å². The lowest BCUT2D eigenvalue weighted by Crippen LogP contribution is -2.06. The molecule has 5 heteroatoms. The third-order valence-corrected chi connectivity index (χ3v) is 2.07. The van der Waals surface area contributed by atoms with Crippen LogP contribution in [0.5, 0.6) is 0 Å². The summed E-state index contributed by atoms with van der Waals surface area (Å²) < 4.78 is 37.7. The van der Waals surface area contributed by atoms with Crippen LogP contribution in [0, 0.1) is 5.82 Å². The number of hydrogen-bond acceptors (Lipinski definition) is 0. The molecule has 0 radical (unpaired) electrons. The van der Waals surface area contributed by atoms with E-state index in [1.54, 1.807) is 0 Å². The summed E-state index contributed by atoms with van der Waals surface area (Å²) in [5.41, 5.74) is -0.821. The molecular weight excluding hydrogens is 256 g/mol. The molecule has 66 valence electrons. The van der Waals surface area contributed by atoms with Crippen molar-refractivity contribution < 1.29 is 13.2 Å². The molecule has 0 aliphatic rings. The van der Waals surface area contributed by atoms with Crippen LogP contribution in [0.3, 0.4) is 0 Å². The van der Waals surface area contributed by atoms with Gasteiger partial charge in [0.1, 0.15) is 5.82 Å². The second-order valence-electron chi connectivity index (χ2n) is 2.10. The molecule has 0 saturated carbocycles. The van der Waals surface area contributed by atoms with Crippen molar-refractivity contribution in [2.75, 3.05) is 0 Å². The molecule has 1 aromatic carbocycles. The van der Waals surface area contributed by atoms with Crippen LogP contribution in [0.15, 0.2) is 22.7 Å². The van der Waals surface area contributed by atoms with Crippen LogP contribution >= 0.6 is 27.5 Å². The molecule has 0 fully saturated rings. The summed E-state index contributed by atoms with van der Waals surface area (Å²) in [6.45, 7) is 0. The van der Waals surface area contributed by atoms with Crippen molar-refractivity contribution in [3.63, 3.8) is 0 Å². The monoisotopic (exact) mass is 258 g/mol. The van der Waals surface area contributed by atoms with Crippen LogP contribution in [0.25, 0.3) is 0 Å². The normalized spacial score (nSPS) is 11.8. The molecule has 0 heterocycles. The van der Waals surface area contributed by atoms with Gasteiger partial charge in [-0.3, -0.25) is 0 Å². The first-order valence-electron chi connectivity index (χ1n) is 2.94. The second-order valence-corrected chi connectivity index (χ2v) is 3.43. The van der Waals surface area contributed by atoms with Gasteiger partial charge in [0.15, 0.2) is 0 Å². The molecule has 12 heavy (non-hydrogen) atoms. The zero-order valence-corrected chi connectivity index (χ0v) is 7.96. The SMILES string of the molecule is Fc1c(Br)cccc1C(F)(F)Cl. The van der Waals surface area contributed by atoms with Gasteiger partial charge in [-0.2, -0.15) is 8.78 Å². The predicted octanol–water partition coefficient (Wildman–Crippen LogP) is 3.88. The molecule has 0 amide bonds. The fourth-order valence-electron chi connectivity index (χ4n) is 0.723. The maximum Gasteiger partial charge on any atom is 0.351 e. The van der Waals surface area contributed by atoms with E-state index in [1.807, 2.05) is 0 Å². The number of benzene rings is 1. The quantitative estimate of drug-likeness (QED) is 0.672. The molecular formula is C7H3BrClF3. The van der Waals surface area contributed by atoms with E-state index in [0.29, 0.717) is 0 Å². The zero-order chi connectivity index (χ0) is 9.35. The van der Waals surface area contributed by atoms with Crippen LogP contribution in [0.4, 0.5) is 13.2 Å². The highest BCUT2D eigenvalue weighted by Crippen LogP contribution is 2.35. The lowest BCUT2D eigenvalue weighted by atomic mass is 10.2. The summed E-state index contributed by atoms with van der Waals surface area (Å²) in [6, 6.07) is 3.55. The Kier molecular flexibility index (Phi) is 2.68. The Hall–Kier alpha value is -0.220. The van der Waals surface area contributed by atoms with Crippen LogP contribution in [-0.2, 0) is 5.38 Å². The minimum absolute atomic E-state index is 0.0275. The van der Waals surface area contributed by atoms with Gasteiger partial charge in [-0.15, -0.1) is 0 Å². The number of hydrogen-bond donors (Lipinski definition) is 0. The summed E-state index contributed by atoms with van der Waals surface area (Å²) in [5.74, 6) is -1.03. The van der Waals surface area contributed by atoms with Gasteiger partial charge < -0.3 is 0 Å². The van der Waals surface area contributed by atoms with Crippen LogP contribution in [0.1, 0.15) is 5.56 Å². The standard InChI is InChI=1S/C7H3BrClF3/c8-5-3-1-2-4(6(5)10)7(9,11)12/h1-3H. The Bertz CT molecular complexity index is 295. The van der Waals surface area contributed by atoms with Gasteiger partial charge in [-0.25, -0.2) is 4.39 Å². The number of alkyl halides is 3. The maximum atomic E-state index is 12.9. The summed E-state index contributed by atoms with van der Waals surface area (Å²) >= 11 is 7.41. The summed E-state index contributed by atoms with van der Waals surface area (Å²) in [5, 5.41) is -3.66. The van der Waals surface area contributed by atoms with Crippen molar-refractivity contribution >= 4 is 27.5 Å². The van der Waals surface area contributed by atoms with Crippen molar-refractivity contribution in [3.05, 3.63) is 34.1 Å². The molecule has 0 aromatic heterocycles. The first-order valence-corrected chi connectivity index (χ1v) is 4.11. The Morgan fingerprint density at radius 2 is 1.92 bits per heavy atom. The topological polar surface area (TPSA) is 0 Å². The summed E-state index contributed by atoms with van der Waals surface area (Å²) in [4.78, 5) is 0. The van der Waals surface area contributed by atoms with E-state index in [0.717, 1.165) is 6.07 Å². The fraction of sp³-hybridized carbons (Fsp3) is 0.143. The Morgan fingerprint density at radius 1 is 1.33 bits per heavy atom. The first-order chi connectivity index (χ1) is 5.43. The van der Waals surface area contributed by atoms with Gasteiger partial charge in [-0.05, 0) is 39.7 Å². The Morgan fingerprint density at radius 3 is 2.33 bits per heavy atom. The smallest absolute Gasteiger partial charge is 0.205 e. The number of rotatable bonds is 1. The second kappa shape index (κ2) is 3.26. The van der Waals surface area contributed by atoms with Crippen LogP contribution in [-0.4, -0.2) is 0 Å². The van der Waals surface area contributed by atoms with Crippen molar-refractivity contribution in [2.24, 2.45) is 0 Å².